The third-order valence-corrected chi connectivity index (χ3v) is 3.64. The Morgan fingerprint density at radius 2 is 1.94 bits per heavy atom. The van der Waals surface area contributed by atoms with E-state index in [0.717, 1.165) is 18.5 Å². The molecule has 1 rings (SSSR count). The van der Waals surface area contributed by atoms with Crippen molar-refractivity contribution < 1.29 is 0 Å². The van der Waals surface area contributed by atoms with E-state index in [1.54, 1.807) is 5.57 Å². The molecule has 16 heavy (non-hydrogen) atoms. The van der Waals surface area contributed by atoms with E-state index < -0.39 is 0 Å². The van der Waals surface area contributed by atoms with Gasteiger partial charge in [-0.25, -0.2) is 0 Å². The van der Waals surface area contributed by atoms with E-state index in [9.17, 15) is 0 Å². The third kappa shape index (κ3) is 4.01. The van der Waals surface area contributed by atoms with Crippen LogP contribution in [0, 0.1) is 5.92 Å². The van der Waals surface area contributed by atoms with Crippen LogP contribution in [0.4, 0.5) is 0 Å². The first-order valence-electron chi connectivity index (χ1n) is 6.36. The van der Waals surface area contributed by atoms with Gasteiger partial charge >= 0.3 is 0 Å². The summed E-state index contributed by atoms with van der Waals surface area (Å²) in [5.74, 6) is 0.686. The zero-order valence-corrected chi connectivity index (χ0v) is 11.2. The molecule has 2 nitrogen and oxygen atoms in total. The van der Waals surface area contributed by atoms with Gasteiger partial charge in [0.25, 0.3) is 0 Å². The average Bonchev–Trinajstić information content (AvgIpc) is 2.26. The van der Waals surface area contributed by atoms with Gasteiger partial charge in [-0.15, -0.1) is 0 Å². The molecule has 0 saturated heterocycles. The van der Waals surface area contributed by atoms with Crippen LogP contribution in [0.3, 0.4) is 0 Å². The Morgan fingerprint density at radius 3 is 2.44 bits per heavy atom. The molecule has 0 amide bonds. The molecule has 1 aliphatic carbocycles. The molecule has 1 aliphatic rings. The summed E-state index contributed by atoms with van der Waals surface area (Å²) < 4.78 is 0. The van der Waals surface area contributed by atoms with Crippen LogP contribution in [0.5, 0.6) is 0 Å². The van der Waals surface area contributed by atoms with E-state index in [2.05, 4.69) is 44.9 Å². The summed E-state index contributed by atoms with van der Waals surface area (Å²) in [7, 11) is 2.20. The molecule has 0 saturated carbocycles. The molecule has 92 valence electrons. The average molecular weight is 222 g/mol. The van der Waals surface area contributed by atoms with Gasteiger partial charge in [0.1, 0.15) is 0 Å². The Kier molecular flexibility index (Phi) is 5.07. The SMILES string of the molecule is CC(CCN(C)C(C)C)C1=CC=C(N)CC1. The van der Waals surface area contributed by atoms with Crippen molar-refractivity contribution in [2.45, 2.75) is 46.1 Å². The Labute approximate surface area is 100 Å². The maximum absolute atomic E-state index is 5.77. The second-order valence-electron chi connectivity index (χ2n) is 5.25. The molecule has 2 N–H and O–H groups in total. The first kappa shape index (κ1) is 13.3. The van der Waals surface area contributed by atoms with Gasteiger partial charge in [0.2, 0.25) is 0 Å². The van der Waals surface area contributed by atoms with Crippen LogP contribution in [0.1, 0.15) is 40.0 Å². The predicted molar refractivity (Wildman–Crippen MR) is 71.1 cm³/mol. The summed E-state index contributed by atoms with van der Waals surface area (Å²) in [6, 6.07) is 0.642. The zero-order chi connectivity index (χ0) is 12.1. The second-order valence-corrected chi connectivity index (χ2v) is 5.25. The van der Waals surface area contributed by atoms with E-state index in [1.165, 1.54) is 13.0 Å². The molecule has 0 aromatic heterocycles. The predicted octanol–water partition coefficient (Wildman–Crippen LogP) is 2.92. The number of hydrogen-bond donors (Lipinski definition) is 1. The van der Waals surface area contributed by atoms with Gasteiger partial charge in [0.05, 0.1) is 0 Å². The normalized spacial score (nSPS) is 18.6. The molecule has 0 aromatic carbocycles. The fourth-order valence-corrected chi connectivity index (χ4v) is 1.92. The first-order valence-corrected chi connectivity index (χ1v) is 6.36. The fourth-order valence-electron chi connectivity index (χ4n) is 1.92. The molecular formula is C14H26N2. The fraction of sp³-hybridized carbons (Fsp3) is 0.714. The van der Waals surface area contributed by atoms with Crippen LogP contribution < -0.4 is 5.73 Å². The van der Waals surface area contributed by atoms with E-state index in [4.69, 9.17) is 5.73 Å². The van der Waals surface area contributed by atoms with Gasteiger partial charge in [-0.1, -0.05) is 18.6 Å². The molecular weight excluding hydrogens is 196 g/mol. The molecule has 0 aliphatic heterocycles. The number of allylic oxidation sites excluding steroid dienone is 4. The Hall–Kier alpha value is -0.760. The largest absolute Gasteiger partial charge is 0.402 e. The van der Waals surface area contributed by atoms with Gasteiger partial charge in [0.15, 0.2) is 0 Å². The Balaban J connectivity index is 2.38. The van der Waals surface area contributed by atoms with Crippen LogP contribution in [0.15, 0.2) is 23.4 Å². The van der Waals surface area contributed by atoms with Crippen LogP contribution in [0.25, 0.3) is 0 Å². The summed E-state index contributed by atoms with van der Waals surface area (Å²) in [4.78, 5) is 2.41. The van der Waals surface area contributed by atoms with Crippen molar-refractivity contribution in [2.24, 2.45) is 11.7 Å². The maximum atomic E-state index is 5.77. The lowest BCUT2D eigenvalue weighted by molar-refractivity contribution is 0.259. The molecule has 1 unspecified atom stereocenters. The zero-order valence-electron chi connectivity index (χ0n) is 11.2. The minimum atomic E-state index is 0.642. The number of nitrogens with two attached hydrogens (primary N) is 1. The summed E-state index contributed by atoms with van der Waals surface area (Å²) >= 11 is 0. The molecule has 0 bridgehead atoms. The van der Waals surface area contributed by atoms with Crippen molar-refractivity contribution in [2.75, 3.05) is 13.6 Å². The van der Waals surface area contributed by atoms with E-state index >= 15 is 0 Å². The van der Waals surface area contributed by atoms with Crippen LogP contribution in [-0.4, -0.2) is 24.5 Å². The highest BCUT2D eigenvalue weighted by molar-refractivity contribution is 5.23. The van der Waals surface area contributed by atoms with Crippen molar-refractivity contribution in [3.8, 4) is 0 Å². The van der Waals surface area contributed by atoms with Crippen molar-refractivity contribution >= 4 is 0 Å². The highest BCUT2D eigenvalue weighted by Gasteiger charge is 2.13. The van der Waals surface area contributed by atoms with Crippen molar-refractivity contribution in [3.63, 3.8) is 0 Å². The molecule has 0 aromatic rings. The van der Waals surface area contributed by atoms with Gasteiger partial charge in [-0.3, -0.25) is 0 Å². The van der Waals surface area contributed by atoms with Crippen molar-refractivity contribution in [3.05, 3.63) is 23.4 Å². The lowest BCUT2D eigenvalue weighted by Crippen LogP contribution is -2.28. The highest BCUT2D eigenvalue weighted by Crippen LogP contribution is 2.24. The summed E-state index contributed by atoms with van der Waals surface area (Å²) in [6.07, 6.45) is 7.72. The quantitative estimate of drug-likeness (QED) is 0.775. The molecule has 0 spiro atoms. The van der Waals surface area contributed by atoms with E-state index in [1.807, 2.05) is 0 Å². The first-order chi connectivity index (χ1) is 7.50. The van der Waals surface area contributed by atoms with Gasteiger partial charge in [0, 0.05) is 11.7 Å². The summed E-state index contributed by atoms with van der Waals surface area (Å²) in [6.45, 7) is 7.99. The molecule has 0 fully saturated rings. The van der Waals surface area contributed by atoms with Gasteiger partial charge < -0.3 is 10.6 Å². The molecule has 0 radical (unpaired) electrons. The third-order valence-electron chi connectivity index (χ3n) is 3.64. The van der Waals surface area contributed by atoms with Crippen molar-refractivity contribution in [1.29, 1.82) is 0 Å². The lowest BCUT2D eigenvalue weighted by atomic mass is 9.90. The number of nitrogens with zero attached hydrogens (tertiary/aromatic N) is 1. The number of rotatable bonds is 5. The van der Waals surface area contributed by atoms with E-state index in [0.29, 0.717) is 12.0 Å². The topological polar surface area (TPSA) is 29.3 Å². The standard InChI is InChI=1S/C14H26N2/c1-11(2)16(4)10-9-12(3)13-5-7-14(15)8-6-13/h5,7,11-12H,6,8-10,15H2,1-4H3. The second kappa shape index (κ2) is 6.09. The molecule has 0 heterocycles. The van der Waals surface area contributed by atoms with Gasteiger partial charge in [-0.05, 0) is 58.7 Å². The van der Waals surface area contributed by atoms with Crippen LogP contribution in [0.2, 0.25) is 0 Å². The summed E-state index contributed by atoms with van der Waals surface area (Å²) in [5.41, 5.74) is 8.35. The van der Waals surface area contributed by atoms with Crippen molar-refractivity contribution in [1.82, 2.24) is 4.90 Å². The lowest BCUT2D eigenvalue weighted by Gasteiger charge is -2.24. The van der Waals surface area contributed by atoms with E-state index in [-0.39, 0.29) is 0 Å². The summed E-state index contributed by atoms with van der Waals surface area (Å²) in [5, 5.41) is 0. The molecule has 2 heteroatoms. The highest BCUT2D eigenvalue weighted by atomic mass is 15.1. The number of hydrogen-bond acceptors (Lipinski definition) is 2. The maximum Gasteiger partial charge on any atom is 0.00836 e. The minimum Gasteiger partial charge on any atom is -0.402 e. The molecule has 1 atom stereocenters. The monoisotopic (exact) mass is 222 g/mol. The Bertz CT molecular complexity index is 276. The van der Waals surface area contributed by atoms with Crippen LogP contribution >= 0.6 is 0 Å². The Morgan fingerprint density at radius 1 is 1.25 bits per heavy atom. The van der Waals surface area contributed by atoms with Gasteiger partial charge in [-0.2, -0.15) is 0 Å². The van der Waals surface area contributed by atoms with Crippen LogP contribution in [-0.2, 0) is 0 Å². The minimum absolute atomic E-state index is 0.642. The smallest absolute Gasteiger partial charge is 0.00836 e.